The van der Waals surface area contributed by atoms with E-state index in [9.17, 15) is 18.9 Å². The molecule has 1 fully saturated rings. The van der Waals surface area contributed by atoms with Gasteiger partial charge < -0.3 is 4.74 Å². The number of nitro benzene ring substituents is 1. The number of ether oxygens (including phenoxy) is 2. The van der Waals surface area contributed by atoms with E-state index < -0.39 is 17.3 Å². The van der Waals surface area contributed by atoms with Gasteiger partial charge in [-0.25, -0.2) is 0 Å². The molecule has 1 aliphatic carbocycles. The zero-order chi connectivity index (χ0) is 12.9. The average molecular weight is 257 g/mol. The van der Waals surface area contributed by atoms with Crippen molar-refractivity contribution in [1.29, 1.82) is 0 Å². The van der Waals surface area contributed by atoms with E-state index in [1.807, 2.05) is 0 Å². The lowest BCUT2D eigenvalue weighted by atomic mass is 10.0. The monoisotopic (exact) mass is 257 g/mol. The van der Waals surface area contributed by atoms with Gasteiger partial charge in [0.25, 0.3) is 5.69 Å². The number of benzene rings is 1. The Labute approximate surface area is 100 Å². The molecule has 1 saturated carbocycles. The molecule has 0 saturated heterocycles. The fraction of sp³-hybridized carbons (Fsp3) is 0.455. The molecule has 18 heavy (non-hydrogen) atoms. The Kier molecular flexibility index (Phi) is 2.28. The molecule has 0 bridgehead atoms. The van der Waals surface area contributed by atoms with Crippen LogP contribution in [0.1, 0.15) is 24.5 Å². The summed E-state index contributed by atoms with van der Waals surface area (Å²) in [6.07, 6.45) is -2.94. The second-order valence-corrected chi connectivity index (χ2v) is 4.42. The number of non-ortho nitro benzene ring substituents is 1. The van der Waals surface area contributed by atoms with Crippen LogP contribution in [-0.4, -0.2) is 11.2 Å². The summed E-state index contributed by atoms with van der Waals surface area (Å²) in [5, 5.41) is 10.7. The first-order valence-electron chi connectivity index (χ1n) is 5.49. The topological polar surface area (TPSA) is 61.6 Å². The van der Waals surface area contributed by atoms with Gasteiger partial charge in [0.15, 0.2) is 0 Å². The van der Waals surface area contributed by atoms with Crippen LogP contribution in [0.4, 0.5) is 14.5 Å². The molecule has 0 N–H and O–H groups in total. The zero-order valence-corrected chi connectivity index (χ0v) is 9.14. The number of nitro groups is 1. The highest BCUT2D eigenvalue weighted by molar-refractivity contribution is 5.46. The minimum Gasteiger partial charge on any atom is -0.409 e. The van der Waals surface area contributed by atoms with Crippen molar-refractivity contribution in [2.24, 2.45) is 5.92 Å². The fourth-order valence-corrected chi connectivity index (χ4v) is 2.08. The number of nitrogens with zero attached hydrogens (tertiary/aromatic N) is 1. The Balaban J connectivity index is 2.05. The minimum atomic E-state index is -3.67. The minimum absolute atomic E-state index is 0.0134. The highest BCUT2D eigenvalue weighted by Gasteiger charge is 2.49. The molecule has 1 atom stereocenters. The predicted molar refractivity (Wildman–Crippen MR) is 55.2 cm³/mol. The van der Waals surface area contributed by atoms with Crippen molar-refractivity contribution >= 4 is 5.69 Å². The lowest BCUT2D eigenvalue weighted by molar-refractivity contribution is -0.389. The first-order valence-corrected chi connectivity index (χ1v) is 5.49. The Hall–Kier alpha value is -1.76. The predicted octanol–water partition coefficient (Wildman–Crippen LogP) is 3.01. The molecule has 7 heteroatoms. The van der Waals surface area contributed by atoms with Crippen LogP contribution in [0.2, 0.25) is 0 Å². The van der Waals surface area contributed by atoms with Gasteiger partial charge in [-0.2, -0.15) is 0 Å². The second kappa shape index (κ2) is 3.61. The number of alkyl halides is 2. The molecular weight excluding hydrogens is 248 g/mol. The maximum Gasteiger partial charge on any atom is 0.535 e. The van der Waals surface area contributed by atoms with E-state index >= 15 is 0 Å². The summed E-state index contributed by atoms with van der Waals surface area (Å²) in [5.41, 5.74) is 0.175. The van der Waals surface area contributed by atoms with Gasteiger partial charge in [-0.15, -0.1) is 8.78 Å². The zero-order valence-electron chi connectivity index (χ0n) is 9.14. The van der Waals surface area contributed by atoms with Crippen LogP contribution in [0.3, 0.4) is 0 Å². The van der Waals surface area contributed by atoms with E-state index in [0.717, 1.165) is 18.9 Å². The smallest absolute Gasteiger partial charge is 0.409 e. The van der Waals surface area contributed by atoms with Crippen molar-refractivity contribution in [2.45, 2.75) is 25.2 Å². The number of halogens is 2. The number of hydrogen-bond acceptors (Lipinski definition) is 4. The van der Waals surface area contributed by atoms with Crippen molar-refractivity contribution in [1.82, 2.24) is 0 Å². The second-order valence-electron chi connectivity index (χ2n) is 4.42. The van der Waals surface area contributed by atoms with Crippen molar-refractivity contribution in [3.05, 3.63) is 33.9 Å². The van der Waals surface area contributed by atoms with Gasteiger partial charge >= 0.3 is 6.29 Å². The quantitative estimate of drug-likeness (QED) is 0.603. The summed E-state index contributed by atoms with van der Waals surface area (Å²) in [6, 6.07) is 3.58. The van der Waals surface area contributed by atoms with Crippen LogP contribution in [0.15, 0.2) is 18.2 Å². The number of hydrogen-bond donors (Lipinski definition) is 0. The van der Waals surface area contributed by atoms with Crippen molar-refractivity contribution in [2.75, 3.05) is 0 Å². The highest BCUT2D eigenvalue weighted by Crippen LogP contribution is 2.51. The largest absolute Gasteiger partial charge is 0.535 e. The Bertz CT molecular complexity index is 516. The molecule has 3 rings (SSSR count). The van der Waals surface area contributed by atoms with Gasteiger partial charge in [-0.05, 0) is 24.8 Å². The first-order chi connectivity index (χ1) is 8.46. The van der Waals surface area contributed by atoms with Crippen LogP contribution in [-0.2, 0) is 4.74 Å². The molecule has 96 valence electrons. The molecule has 0 spiro atoms. The summed E-state index contributed by atoms with van der Waals surface area (Å²) in [5.74, 6) is -0.0609. The molecular formula is C11H9F2NO4. The molecule has 1 heterocycles. The molecule has 1 aromatic carbocycles. The van der Waals surface area contributed by atoms with Crippen LogP contribution >= 0.6 is 0 Å². The van der Waals surface area contributed by atoms with E-state index in [-0.39, 0.29) is 17.4 Å². The van der Waals surface area contributed by atoms with Gasteiger partial charge in [0.2, 0.25) is 0 Å². The van der Waals surface area contributed by atoms with Crippen molar-refractivity contribution < 1.29 is 23.2 Å². The van der Waals surface area contributed by atoms with Gasteiger partial charge in [-0.1, -0.05) is 0 Å². The highest BCUT2D eigenvalue weighted by atomic mass is 19.3. The normalized spacial score (nSPS) is 25.1. The number of rotatable bonds is 2. The summed E-state index contributed by atoms with van der Waals surface area (Å²) in [6.45, 7) is 0. The maximum atomic E-state index is 13.2. The Morgan fingerprint density at radius 2 is 2.11 bits per heavy atom. The summed E-state index contributed by atoms with van der Waals surface area (Å²) < 4.78 is 35.4. The molecule has 1 aliphatic heterocycles. The van der Waals surface area contributed by atoms with Crippen molar-refractivity contribution in [3.8, 4) is 5.75 Å². The van der Waals surface area contributed by atoms with Crippen LogP contribution in [0.5, 0.6) is 5.75 Å². The first kappa shape index (κ1) is 11.3. The Morgan fingerprint density at radius 3 is 2.72 bits per heavy atom. The molecule has 1 aromatic rings. The molecule has 0 radical (unpaired) electrons. The summed E-state index contributed by atoms with van der Waals surface area (Å²) in [7, 11) is 0. The number of fused-ring (bicyclic) bond motifs is 1. The van der Waals surface area contributed by atoms with E-state index in [1.165, 1.54) is 12.1 Å². The maximum absolute atomic E-state index is 13.2. The lowest BCUT2D eigenvalue weighted by Crippen LogP contribution is -2.35. The fourth-order valence-electron chi connectivity index (χ4n) is 2.08. The SMILES string of the molecule is O=[N+]([O-])c1ccc2c(c1)C(C1CC1)OC(F)(F)O2. The Morgan fingerprint density at radius 1 is 1.39 bits per heavy atom. The third-order valence-corrected chi connectivity index (χ3v) is 3.05. The molecule has 0 amide bonds. The average Bonchev–Trinajstić information content (AvgIpc) is 3.09. The van der Waals surface area contributed by atoms with Crippen LogP contribution in [0.25, 0.3) is 0 Å². The molecule has 1 unspecified atom stereocenters. The van der Waals surface area contributed by atoms with Gasteiger partial charge in [-0.3, -0.25) is 14.9 Å². The third-order valence-electron chi connectivity index (χ3n) is 3.05. The molecule has 2 aliphatic rings. The summed E-state index contributed by atoms with van der Waals surface area (Å²) >= 11 is 0. The van der Waals surface area contributed by atoms with Gasteiger partial charge in [0, 0.05) is 17.7 Å². The third kappa shape index (κ3) is 1.90. The molecule has 0 aromatic heterocycles. The van der Waals surface area contributed by atoms with Crippen molar-refractivity contribution in [3.63, 3.8) is 0 Å². The van der Waals surface area contributed by atoms with E-state index in [0.29, 0.717) is 5.56 Å². The van der Waals surface area contributed by atoms with Crippen LogP contribution < -0.4 is 4.74 Å². The lowest BCUT2D eigenvalue weighted by Gasteiger charge is -2.31. The van der Waals surface area contributed by atoms with E-state index in [4.69, 9.17) is 0 Å². The summed E-state index contributed by atoms with van der Waals surface area (Å²) in [4.78, 5) is 10.1. The standard InChI is InChI=1S/C11H9F2NO4/c12-11(13)17-9-4-3-7(14(15)16)5-8(9)10(18-11)6-1-2-6/h3-6,10H,1-2H2. The molecule has 5 nitrogen and oxygen atoms in total. The van der Waals surface area contributed by atoms with E-state index in [2.05, 4.69) is 9.47 Å². The van der Waals surface area contributed by atoms with Gasteiger partial charge in [0.05, 0.1) is 11.0 Å². The van der Waals surface area contributed by atoms with Gasteiger partial charge in [0.1, 0.15) is 5.75 Å². The van der Waals surface area contributed by atoms with E-state index in [1.54, 1.807) is 0 Å². The van der Waals surface area contributed by atoms with Crippen LogP contribution in [0, 0.1) is 16.0 Å².